The van der Waals surface area contributed by atoms with Gasteiger partial charge in [0.25, 0.3) is 5.91 Å². The van der Waals surface area contributed by atoms with E-state index in [0.717, 1.165) is 12.8 Å². The van der Waals surface area contributed by atoms with Gasteiger partial charge in [-0.15, -0.1) is 0 Å². The fourth-order valence-corrected chi connectivity index (χ4v) is 4.53. The molecule has 1 aromatic heterocycles. The third-order valence-corrected chi connectivity index (χ3v) is 6.95. The number of rotatable bonds is 17. The van der Waals surface area contributed by atoms with Gasteiger partial charge in [-0.3, -0.25) is 15.1 Å². The summed E-state index contributed by atoms with van der Waals surface area (Å²) >= 11 is 3.45. The molecule has 0 radical (unpaired) electrons. The molecule has 0 fully saturated rings. The van der Waals surface area contributed by atoms with E-state index in [-0.39, 0.29) is 5.91 Å². The SMILES string of the molecule is CCCCCCCCCCCCNC(=O)OC(C)NC(=O)OC(C)c1ccc(NC(=O)c2ccccn2)c(Br)c1. The van der Waals surface area contributed by atoms with Gasteiger partial charge in [0.1, 0.15) is 11.8 Å². The number of hydrogen-bond acceptors (Lipinski definition) is 6. The van der Waals surface area contributed by atoms with Crippen molar-refractivity contribution in [3.05, 3.63) is 58.3 Å². The first kappa shape index (κ1) is 33.1. The summed E-state index contributed by atoms with van der Waals surface area (Å²) in [5.41, 5.74) is 1.57. The number of pyridine rings is 1. The predicted octanol–water partition coefficient (Wildman–Crippen LogP) is 7.88. The molecular weight excluding hydrogens is 576 g/mol. The lowest BCUT2D eigenvalue weighted by Crippen LogP contribution is -2.39. The van der Waals surface area contributed by atoms with Gasteiger partial charge in [0.05, 0.1) is 5.69 Å². The molecule has 0 aliphatic heterocycles. The van der Waals surface area contributed by atoms with Crippen molar-refractivity contribution in [1.82, 2.24) is 15.6 Å². The highest BCUT2D eigenvalue weighted by molar-refractivity contribution is 9.10. The summed E-state index contributed by atoms with van der Waals surface area (Å²) in [6, 6.07) is 10.3. The number of carbonyl (C=O) groups excluding carboxylic acids is 3. The molecule has 2 atom stereocenters. The molecule has 40 heavy (non-hydrogen) atoms. The number of anilines is 1. The van der Waals surface area contributed by atoms with Gasteiger partial charge < -0.3 is 20.1 Å². The Morgan fingerprint density at radius 3 is 2.17 bits per heavy atom. The second kappa shape index (κ2) is 19.0. The molecule has 3 N–H and O–H groups in total. The lowest BCUT2D eigenvalue weighted by atomic mass is 10.1. The van der Waals surface area contributed by atoms with Crippen molar-refractivity contribution >= 4 is 39.7 Å². The molecule has 0 saturated carbocycles. The quantitative estimate of drug-likeness (QED) is 0.122. The second-order valence-corrected chi connectivity index (χ2v) is 10.6. The van der Waals surface area contributed by atoms with Crippen molar-refractivity contribution in [2.24, 2.45) is 0 Å². The number of ether oxygens (including phenoxy) is 2. The van der Waals surface area contributed by atoms with Crippen molar-refractivity contribution in [3.8, 4) is 0 Å². The van der Waals surface area contributed by atoms with E-state index < -0.39 is 24.5 Å². The largest absolute Gasteiger partial charge is 0.442 e. The maximum atomic E-state index is 12.4. The number of nitrogens with one attached hydrogen (secondary N) is 3. The van der Waals surface area contributed by atoms with Crippen molar-refractivity contribution in [1.29, 1.82) is 0 Å². The van der Waals surface area contributed by atoms with E-state index in [1.54, 1.807) is 56.4 Å². The minimum atomic E-state index is -0.858. The summed E-state index contributed by atoms with van der Waals surface area (Å²) < 4.78 is 11.2. The van der Waals surface area contributed by atoms with Crippen LogP contribution in [0.15, 0.2) is 47.1 Å². The van der Waals surface area contributed by atoms with E-state index in [0.29, 0.717) is 28.0 Å². The summed E-state index contributed by atoms with van der Waals surface area (Å²) in [4.78, 5) is 40.7. The Labute approximate surface area is 246 Å². The van der Waals surface area contributed by atoms with Crippen LogP contribution in [0.1, 0.15) is 107 Å². The number of alkyl carbamates (subject to hydrolysis) is 2. The predicted molar refractivity (Wildman–Crippen MR) is 160 cm³/mol. The summed E-state index contributed by atoms with van der Waals surface area (Å²) in [6.45, 7) is 6.05. The van der Waals surface area contributed by atoms with Crippen LogP contribution in [0.5, 0.6) is 0 Å². The maximum absolute atomic E-state index is 12.4. The molecule has 220 valence electrons. The summed E-state index contributed by atoms with van der Waals surface area (Å²) in [7, 11) is 0. The molecule has 0 spiro atoms. The molecule has 2 aromatic rings. The van der Waals surface area contributed by atoms with Crippen LogP contribution in [0.4, 0.5) is 15.3 Å². The summed E-state index contributed by atoms with van der Waals surface area (Å²) in [6.07, 6.45) is 11.1. The molecular formula is C30H43BrN4O5. The Morgan fingerprint density at radius 2 is 1.55 bits per heavy atom. The van der Waals surface area contributed by atoms with Gasteiger partial charge in [-0.25, -0.2) is 9.59 Å². The van der Waals surface area contributed by atoms with E-state index in [2.05, 4.69) is 43.8 Å². The average molecular weight is 620 g/mol. The fourth-order valence-electron chi connectivity index (χ4n) is 4.03. The topological polar surface area (TPSA) is 119 Å². The monoisotopic (exact) mass is 618 g/mol. The number of hydrogen-bond donors (Lipinski definition) is 3. The molecule has 0 aliphatic rings. The Morgan fingerprint density at radius 1 is 0.875 bits per heavy atom. The zero-order valence-corrected chi connectivity index (χ0v) is 25.4. The fraction of sp³-hybridized carbons (Fsp3) is 0.533. The molecule has 2 rings (SSSR count). The van der Waals surface area contributed by atoms with Gasteiger partial charge in [0.2, 0.25) is 0 Å². The van der Waals surface area contributed by atoms with Crippen LogP contribution < -0.4 is 16.0 Å². The van der Waals surface area contributed by atoms with Gasteiger partial charge >= 0.3 is 12.2 Å². The molecule has 10 heteroatoms. The number of nitrogens with zero attached hydrogens (tertiary/aromatic N) is 1. The Kier molecular flexibility index (Phi) is 15.7. The Bertz CT molecular complexity index is 1050. The number of halogens is 1. The highest BCUT2D eigenvalue weighted by atomic mass is 79.9. The van der Waals surface area contributed by atoms with E-state index in [1.165, 1.54) is 51.4 Å². The third-order valence-electron chi connectivity index (χ3n) is 6.30. The molecule has 0 bridgehead atoms. The smallest absolute Gasteiger partial charge is 0.410 e. The van der Waals surface area contributed by atoms with Crippen LogP contribution in [0.2, 0.25) is 0 Å². The number of amides is 3. The van der Waals surface area contributed by atoms with Gasteiger partial charge in [-0.05, 0) is 66.0 Å². The van der Waals surface area contributed by atoms with Crippen LogP contribution in [-0.2, 0) is 9.47 Å². The average Bonchev–Trinajstić information content (AvgIpc) is 2.93. The van der Waals surface area contributed by atoms with Crippen LogP contribution >= 0.6 is 15.9 Å². The molecule has 9 nitrogen and oxygen atoms in total. The van der Waals surface area contributed by atoms with Crippen LogP contribution in [0.3, 0.4) is 0 Å². The lowest BCUT2D eigenvalue weighted by Gasteiger charge is -2.19. The van der Waals surface area contributed by atoms with E-state index in [9.17, 15) is 14.4 Å². The van der Waals surface area contributed by atoms with Crippen molar-refractivity contribution in [3.63, 3.8) is 0 Å². The van der Waals surface area contributed by atoms with Crippen molar-refractivity contribution < 1.29 is 23.9 Å². The number of carbonyl (C=O) groups is 3. The van der Waals surface area contributed by atoms with Crippen molar-refractivity contribution in [2.45, 2.75) is 97.3 Å². The first-order chi connectivity index (χ1) is 19.3. The second-order valence-electron chi connectivity index (χ2n) is 9.76. The highest BCUT2D eigenvalue weighted by Gasteiger charge is 2.17. The molecule has 1 heterocycles. The van der Waals surface area contributed by atoms with E-state index in [1.807, 2.05) is 0 Å². The molecule has 0 saturated heterocycles. The first-order valence-electron chi connectivity index (χ1n) is 14.2. The van der Waals surface area contributed by atoms with Gasteiger partial charge in [0, 0.05) is 17.2 Å². The number of benzene rings is 1. The van der Waals surface area contributed by atoms with Crippen LogP contribution in [0, 0.1) is 0 Å². The minimum Gasteiger partial charge on any atom is -0.442 e. The minimum absolute atomic E-state index is 0.302. The zero-order chi connectivity index (χ0) is 29.2. The van der Waals surface area contributed by atoms with E-state index in [4.69, 9.17) is 9.47 Å². The number of aromatic nitrogens is 1. The normalized spacial score (nSPS) is 12.2. The first-order valence-corrected chi connectivity index (χ1v) is 15.0. The summed E-state index contributed by atoms with van der Waals surface area (Å²) in [5, 5.41) is 8.02. The highest BCUT2D eigenvalue weighted by Crippen LogP contribution is 2.28. The van der Waals surface area contributed by atoms with Crippen LogP contribution in [-0.4, -0.2) is 35.9 Å². The Balaban J connectivity index is 1.63. The van der Waals surface area contributed by atoms with Crippen molar-refractivity contribution in [2.75, 3.05) is 11.9 Å². The Hall–Kier alpha value is -3.14. The van der Waals surface area contributed by atoms with Gasteiger partial charge in [-0.1, -0.05) is 76.8 Å². The third kappa shape index (κ3) is 13.3. The van der Waals surface area contributed by atoms with Gasteiger partial charge in [0.15, 0.2) is 6.23 Å². The maximum Gasteiger partial charge on any atom is 0.410 e. The van der Waals surface area contributed by atoms with Gasteiger partial charge in [-0.2, -0.15) is 0 Å². The number of unbranched alkanes of at least 4 members (excludes halogenated alkanes) is 9. The van der Waals surface area contributed by atoms with Crippen LogP contribution in [0.25, 0.3) is 0 Å². The summed E-state index contributed by atoms with van der Waals surface area (Å²) in [5.74, 6) is -0.334. The molecule has 1 aromatic carbocycles. The molecule has 2 unspecified atom stereocenters. The standard InChI is InChI=1S/C30H43BrN4O5/c1-4-5-6-7-8-9-10-11-12-14-20-33-29(37)40-23(3)34-30(38)39-22(2)24-17-18-26(25(31)21-24)35-28(36)27-16-13-15-19-32-27/h13,15-19,21-23H,4-12,14,20H2,1-3H3,(H,33,37)(H,34,38)(H,35,36). The lowest BCUT2D eigenvalue weighted by molar-refractivity contribution is 0.0638. The van der Waals surface area contributed by atoms with E-state index >= 15 is 0 Å². The molecule has 3 amide bonds. The molecule has 0 aliphatic carbocycles. The zero-order valence-electron chi connectivity index (χ0n) is 23.8.